The number of rotatable bonds is 5. The molecule has 39 heavy (non-hydrogen) atoms. The van der Waals surface area contributed by atoms with Crippen LogP contribution in [-0.4, -0.2) is 19.5 Å². The first-order valence-corrected chi connectivity index (χ1v) is 12.9. The molecule has 7 aromatic rings. The standard InChI is InChI=1S/C35H24N4/c1-2-24-19-21-26(22-20-24)34-36-33(25-11-4-3-5-12-25)37-35(38-34)27-13-10-14-28(23-27)39-31-17-8-6-15-29(31)30-16-7-9-18-32(30)39/h2-23H,1H2. The molecule has 2 aromatic heterocycles. The number of benzene rings is 5. The molecule has 0 N–H and O–H groups in total. The molecule has 7 rings (SSSR count). The zero-order valence-electron chi connectivity index (χ0n) is 21.2. The smallest absolute Gasteiger partial charge is 0.164 e. The van der Waals surface area contributed by atoms with Crippen molar-refractivity contribution in [2.45, 2.75) is 0 Å². The van der Waals surface area contributed by atoms with Gasteiger partial charge in [-0.2, -0.15) is 0 Å². The SMILES string of the molecule is C=Cc1ccc(-c2nc(-c3ccccc3)nc(-c3cccc(-n4c5ccccc5c5ccccc54)c3)n2)cc1. The van der Waals surface area contributed by atoms with Gasteiger partial charge in [-0.25, -0.2) is 15.0 Å². The molecular formula is C35H24N4. The highest BCUT2D eigenvalue weighted by atomic mass is 15.0. The molecule has 0 amide bonds. The van der Waals surface area contributed by atoms with Gasteiger partial charge in [0.1, 0.15) is 0 Å². The van der Waals surface area contributed by atoms with Crippen LogP contribution in [0.4, 0.5) is 0 Å². The zero-order chi connectivity index (χ0) is 26.2. The van der Waals surface area contributed by atoms with Gasteiger partial charge in [0.15, 0.2) is 17.5 Å². The highest BCUT2D eigenvalue weighted by Crippen LogP contribution is 2.33. The molecule has 0 saturated carbocycles. The van der Waals surface area contributed by atoms with E-state index in [1.807, 2.05) is 60.7 Å². The molecule has 0 fully saturated rings. The van der Waals surface area contributed by atoms with Crippen molar-refractivity contribution < 1.29 is 0 Å². The van der Waals surface area contributed by atoms with E-state index >= 15 is 0 Å². The molecule has 0 atom stereocenters. The summed E-state index contributed by atoms with van der Waals surface area (Å²) in [5.74, 6) is 1.91. The molecule has 0 saturated heterocycles. The summed E-state index contributed by atoms with van der Waals surface area (Å²) in [6.07, 6.45) is 1.83. The van der Waals surface area contributed by atoms with E-state index in [0.29, 0.717) is 17.5 Å². The largest absolute Gasteiger partial charge is 0.309 e. The van der Waals surface area contributed by atoms with E-state index < -0.39 is 0 Å². The van der Waals surface area contributed by atoms with Crippen LogP contribution in [-0.2, 0) is 0 Å². The van der Waals surface area contributed by atoms with Crippen LogP contribution in [0.3, 0.4) is 0 Å². The molecule has 4 nitrogen and oxygen atoms in total. The van der Waals surface area contributed by atoms with E-state index in [1.54, 1.807) is 0 Å². The van der Waals surface area contributed by atoms with Gasteiger partial charge in [-0.15, -0.1) is 0 Å². The van der Waals surface area contributed by atoms with E-state index in [-0.39, 0.29) is 0 Å². The second kappa shape index (κ2) is 9.51. The zero-order valence-corrected chi connectivity index (χ0v) is 21.2. The number of aromatic nitrogens is 4. The van der Waals surface area contributed by atoms with Crippen LogP contribution in [0.1, 0.15) is 5.56 Å². The molecule has 2 heterocycles. The predicted molar refractivity (Wildman–Crippen MR) is 161 cm³/mol. The van der Waals surface area contributed by atoms with Gasteiger partial charge >= 0.3 is 0 Å². The first-order chi connectivity index (χ1) is 19.3. The van der Waals surface area contributed by atoms with Gasteiger partial charge in [0.2, 0.25) is 0 Å². The molecule has 4 heteroatoms. The summed E-state index contributed by atoms with van der Waals surface area (Å²) in [5.41, 5.74) is 7.25. The van der Waals surface area contributed by atoms with E-state index in [4.69, 9.17) is 15.0 Å². The number of para-hydroxylation sites is 2. The second-order valence-electron chi connectivity index (χ2n) is 9.42. The lowest BCUT2D eigenvalue weighted by atomic mass is 10.1. The van der Waals surface area contributed by atoms with E-state index in [9.17, 15) is 0 Å². The minimum Gasteiger partial charge on any atom is -0.309 e. The highest BCUT2D eigenvalue weighted by Gasteiger charge is 2.15. The number of fused-ring (bicyclic) bond motifs is 3. The van der Waals surface area contributed by atoms with Crippen LogP contribution >= 0.6 is 0 Å². The van der Waals surface area contributed by atoms with Crippen molar-refractivity contribution in [3.63, 3.8) is 0 Å². The third-order valence-corrected chi connectivity index (χ3v) is 7.01. The Labute approximate surface area is 226 Å². The van der Waals surface area contributed by atoms with Crippen LogP contribution in [0, 0.1) is 0 Å². The van der Waals surface area contributed by atoms with Gasteiger partial charge < -0.3 is 4.57 Å². The fourth-order valence-corrected chi connectivity index (χ4v) is 5.10. The van der Waals surface area contributed by atoms with Gasteiger partial charge in [-0.05, 0) is 29.8 Å². The average molecular weight is 501 g/mol. The summed E-state index contributed by atoms with van der Waals surface area (Å²) >= 11 is 0. The fourth-order valence-electron chi connectivity index (χ4n) is 5.10. The normalized spacial score (nSPS) is 11.2. The number of nitrogens with zero attached hydrogens (tertiary/aromatic N) is 4. The summed E-state index contributed by atoms with van der Waals surface area (Å²) in [6.45, 7) is 3.86. The quantitative estimate of drug-likeness (QED) is 0.238. The average Bonchev–Trinajstić information content (AvgIpc) is 3.36. The van der Waals surface area contributed by atoms with Crippen LogP contribution in [0.5, 0.6) is 0 Å². The summed E-state index contributed by atoms with van der Waals surface area (Å²) < 4.78 is 2.31. The van der Waals surface area contributed by atoms with Crippen molar-refractivity contribution in [1.29, 1.82) is 0 Å². The van der Waals surface area contributed by atoms with Crippen LogP contribution in [0.15, 0.2) is 134 Å². The Morgan fingerprint density at radius 3 is 1.62 bits per heavy atom. The van der Waals surface area contributed by atoms with Gasteiger partial charge in [-0.3, -0.25) is 0 Å². The monoisotopic (exact) mass is 500 g/mol. The molecule has 0 aliphatic carbocycles. The van der Waals surface area contributed by atoms with Gasteiger partial charge in [0, 0.05) is 33.2 Å². The van der Waals surface area contributed by atoms with Crippen molar-refractivity contribution in [1.82, 2.24) is 19.5 Å². The molecule has 0 bridgehead atoms. The molecule has 5 aromatic carbocycles. The summed E-state index contributed by atoms with van der Waals surface area (Å²) in [7, 11) is 0. The fraction of sp³-hybridized carbons (Fsp3) is 0. The van der Waals surface area contributed by atoms with Gasteiger partial charge in [0.25, 0.3) is 0 Å². The molecular weight excluding hydrogens is 476 g/mol. The van der Waals surface area contributed by atoms with Crippen LogP contribution < -0.4 is 0 Å². The van der Waals surface area contributed by atoms with Gasteiger partial charge in [0.05, 0.1) is 11.0 Å². The van der Waals surface area contributed by atoms with Crippen molar-refractivity contribution in [3.05, 3.63) is 140 Å². The molecule has 0 spiro atoms. The Morgan fingerprint density at radius 2 is 1.00 bits per heavy atom. The Hall–Kier alpha value is -5.35. The van der Waals surface area contributed by atoms with Crippen molar-refractivity contribution in [3.8, 4) is 39.9 Å². The lowest BCUT2D eigenvalue weighted by Crippen LogP contribution is -2.01. The third-order valence-electron chi connectivity index (χ3n) is 7.01. The van der Waals surface area contributed by atoms with Gasteiger partial charge in [-0.1, -0.05) is 116 Å². The second-order valence-corrected chi connectivity index (χ2v) is 9.42. The number of hydrogen-bond acceptors (Lipinski definition) is 3. The molecule has 184 valence electrons. The first-order valence-electron chi connectivity index (χ1n) is 12.9. The maximum atomic E-state index is 4.94. The Morgan fingerprint density at radius 1 is 0.487 bits per heavy atom. The maximum Gasteiger partial charge on any atom is 0.164 e. The van der Waals surface area contributed by atoms with Crippen molar-refractivity contribution in [2.75, 3.05) is 0 Å². The lowest BCUT2D eigenvalue weighted by Gasteiger charge is -2.11. The molecule has 0 radical (unpaired) electrons. The Balaban J connectivity index is 1.42. The van der Waals surface area contributed by atoms with Crippen LogP contribution in [0.2, 0.25) is 0 Å². The minimum absolute atomic E-state index is 0.634. The maximum absolute atomic E-state index is 4.94. The van der Waals surface area contributed by atoms with Crippen molar-refractivity contribution >= 4 is 27.9 Å². The predicted octanol–water partition coefficient (Wildman–Crippen LogP) is 8.61. The molecule has 0 aliphatic heterocycles. The van der Waals surface area contributed by atoms with E-state index in [0.717, 1.165) is 27.9 Å². The molecule has 0 aliphatic rings. The topological polar surface area (TPSA) is 43.6 Å². The Kier molecular flexibility index (Phi) is 5.56. The van der Waals surface area contributed by atoms with Crippen molar-refractivity contribution in [2.24, 2.45) is 0 Å². The lowest BCUT2D eigenvalue weighted by molar-refractivity contribution is 1.07. The summed E-state index contributed by atoms with van der Waals surface area (Å²) in [6, 6.07) is 43.6. The van der Waals surface area contributed by atoms with E-state index in [2.05, 4.69) is 83.9 Å². The number of hydrogen-bond donors (Lipinski definition) is 0. The summed E-state index contributed by atoms with van der Waals surface area (Å²) in [5, 5.41) is 2.46. The molecule has 0 unspecified atom stereocenters. The minimum atomic E-state index is 0.634. The Bertz CT molecular complexity index is 1920. The van der Waals surface area contributed by atoms with E-state index in [1.165, 1.54) is 21.8 Å². The van der Waals surface area contributed by atoms with Crippen LogP contribution in [0.25, 0.3) is 67.7 Å². The third kappa shape index (κ3) is 4.09. The highest BCUT2D eigenvalue weighted by molar-refractivity contribution is 6.09. The first kappa shape index (κ1) is 22.8. The summed E-state index contributed by atoms with van der Waals surface area (Å²) in [4.78, 5) is 14.7.